The Morgan fingerprint density at radius 3 is 2.58 bits per heavy atom. The van der Waals surface area contributed by atoms with Crippen LogP contribution in [-0.4, -0.2) is 29.6 Å². The normalized spacial score (nSPS) is 15.7. The van der Waals surface area contributed by atoms with Gasteiger partial charge in [0, 0.05) is 17.5 Å². The first-order valence-electron chi connectivity index (χ1n) is 8.38. The van der Waals surface area contributed by atoms with Gasteiger partial charge in [0.1, 0.15) is 11.8 Å². The lowest BCUT2D eigenvalue weighted by atomic mass is 10.1. The summed E-state index contributed by atoms with van der Waals surface area (Å²) in [4.78, 5) is 25.7. The highest BCUT2D eigenvalue weighted by Crippen LogP contribution is 2.32. The number of anilines is 1. The van der Waals surface area contributed by atoms with Crippen LogP contribution < -0.4 is 9.64 Å². The first-order chi connectivity index (χ1) is 12.6. The Balaban J connectivity index is 1.58. The predicted molar refractivity (Wildman–Crippen MR) is 98.5 cm³/mol. The van der Waals surface area contributed by atoms with Crippen molar-refractivity contribution in [3.8, 4) is 5.75 Å². The molecule has 1 atom stereocenters. The van der Waals surface area contributed by atoms with Crippen molar-refractivity contribution < 1.29 is 19.4 Å². The number of carbonyl (C=O) groups excluding carboxylic acids is 1. The molecule has 1 amide bonds. The number of carbonyl (C=O) groups is 2. The summed E-state index contributed by atoms with van der Waals surface area (Å²) in [5.74, 6) is -0.772. The summed E-state index contributed by atoms with van der Waals surface area (Å²) in [7, 11) is 0. The number of benzene rings is 3. The third-order valence-corrected chi connectivity index (χ3v) is 4.63. The first-order valence-corrected chi connectivity index (χ1v) is 8.38. The highest BCUT2D eigenvalue weighted by molar-refractivity contribution is 6.02. The monoisotopic (exact) mass is 347 g/mol. The molecule has 3 aromatic carbocycles. The third-order valence-electron chi connectivity index (χ3n) is 4.63. The van der Waals surface area contributed by atoms with Crippen LogP contribution in [0, 0.1) is 0 Å². The van der Waals surface area contributed by atoms with Gasteiger partial charge in [-0.15, -0.1) is 0 Å². The van der Waals surface area contributed by atoms with Crippen LogP contribution in [0.15, 0.2) is 66.7 Å². The van der Waals surface area contributed by atoms with Crippen LogP contribution in [0.4, 0.5) is 5.69 Å². The Morgan fingerprint density at radius 1 is 1.00 bits per heavy atom. The molecule has 0 fully saturated rings. The summed E-state index contributed by atoms with van der Waals surface area (Å²) in [5, 5.41) is 11.4. The molecular weight excluding hydrogens is 330 g/mol. The fourth-order valence-corrected chi connectivity index (χ4v) is 3.42. The molecule has 130 valence electrons. The largest absolute Gasteiger partial charge is 0.483 e. The van der Waals surface area contributed by atoms with E-state index in [1.807, 2.05) is 54.6 Å². The average Bonchev–Trinajstić information content (AvgIpc) is 3.06. The van der Waals surface area contributed by atoms with E-state index in [0.717, 1.165) is 16.3 Å². The third kappa shape index (κ3) is 2.77. The van der Waals surface area contributed by atoms with E-state index in [4.69, 9.17) is 4.74 Å². The van der Waals surface area contributed by atoms with Gasteiger partial charge in [-0.3, -0.25) is 9.69 Å². The van der Waals surface area contributed by atoms with Crippen LogP contribution in [0.1, 0.15) is 5.56 Å². The van der Waals surface area contributed by atoms with Crippen LogP contribution in [0.5, 0.6) is 5.75 Å². The standard InChI is InChI=1S/C21H17NO4/c23-20(13-26-19-11-5-8-14-6-1-3-9-16(14)19)22-17-10-4-2-7-15(17)12-18(22)21(24)25/h1-11,18H,12-13H2,(H,24,25)/t18-/m0/s1. The molecule has 1 aliphatic heterocycles. The van der Waals surface area contributed by atoms with Crippen LogP contribution in [0.3, 0.4) is 0 Å². The molecule has 0 spiro atoms. The Bertz CT molecular complexity index is 993. The lowest BCUT2D eigenvalue weighted by Gasteiger charge is -2.22. The number of nitrogens with zero attached hydrogens (tertiary/aromatic N) is 1. The van der Waals surface area contributed by atoms with Crippen LogP contribution in [0.25, 0.3) is 10.8 Å². The molecule has 0 aromatic heterocycles. The molecule has 0 aliphatic carbocycles. The second-order valence-corrected chi connectivity index (χ2v) is 6.22. The summed E-state index contributed by atoms with van der Waals surface area (Å²) in [6.45, 7) is -0.216. The second-order valence-electron chi connectivity index (χ2n) is 6.22. The number of hydrogen-bond acceptors (Lipinski definition) is 3. The smallest absolute Gasteiger partial charge is 0.327 e. The van der Waals surface area contributed by atoms with E-state index in [-0.39, 0.29) is 12.5 Å². The number of ether oxygens (including phenoxy) is 1. The highest BCUT2D eigenvalue weighted by atomic mass is 16.5. The van der Waals surface area contributed by atoms with Gasteiger partial charge in [0.15, 0.2) is 6.61 Å². The van der Waals surface area contributed by atoms with Crippen molar-refractivity contribution in [2.75, 3.05) is 11.5 Å². The maximum atomic E-state index is 12.8. The topological polar surface area (TPSA) is 66.8 Å². The number of para-hydroxylation sites is 1. The van der Waals surface area contributed by atoms with Crippen LogP contribution in [0.2, 0.25) is 0 Å². The number of rotatable bonds is 4. The highest BCUT2D eigenvalue weighted by Gasteiger charge is 2.38. The van der Waals surface area contributed by atoms with Gasteiger partial charge in [0.2, 0.25) is 0 Å². The van der Waals surface area contributed by atoms with Gasteiger partial charge in [-0.05, 0) is 23.1 Å². The molecular formula is C21H17NO4. The summed E-state index contributed by atoms with van der Waals surface area (Å²) in [6, 6.07) is 19.8. The van der Waals surface area contributed by atoms with E-state index in [9.17, 15) is 14.7 Å². The van der Waals surface area contributed by atoms with Crippen molar-refractivity contribution in [3.63, 3.8) is 0 Å². The fourth-order valence-electron chi connectivity index (χ4n) is 3.42. The molecule has 5 nitrogen and oxygen atoms in total. The number of carboxylic acids is 1. The maximum Gasteiger partial charge on any atom is 0.327 e. The van der Waals surface area contributed by atoms with Crippen LogP contribution in [-0.2, 0) is 16.0 Å². The molecule has 5 heteroatoms. The Hall–Kier alpha value is -3.34. The molecule has 26 heavy (non-hydrogen) atoms. The molecule has 4 rings (SSSR count). The van der Waals surface area contributed by atoms with Gasteiger partial charge in [0.25, 0.3) is 5.91 Å². The van der Waals surface area contributed by atoms with Gasteiger partial charge in [0.05, 0.1) is 0 Å². The van der Waals surface area contributed by atoms with Crippen LogP contribution >= 0.6 is 0 Å². The van der Waals surface area contributed by atoms with E-state index < -0.39 is 12.0 Å². The molecule has 1 aliphatic rings. The van der Waals surface area contributed by atoms with Crippen molar-refractivity contribution in [1.29, 1.82) is 0 Å². The van der Waals surface area contributed by atoms with E-state index in [0.29, 0.717) is 17.9 Å². The zero-order valence-electron chi connectivity index (χ0n) is 14.0. The van der Waals surface area contributed by atoms with Crippen molar-refractivity contribution in [2.24, 2.45) is 0 Å². The maximum absolute atomic E-state index is 12.8. The van der Waals surface area contributed by atoms with Crippen molar-refractivity contribution in [3.05, 3.63) is 72.3 Å². The van der Waals surface area contributed by atoms with Gasteiger partial charge in [-0.2, -0.15) is 0 Å². The molecule has 0 unspecified atom stereocenters. The number of amides is 1. The van der Waals surface area contributed by atoms with Crippen molar-refractivity contribution in [1.82, 2.24) is 0 Å². The summed E-state index contributed by atoms with van der Waals surface area (Å²) < 4.78 is 5.75. The first kappa shape index (κ1) is 16.1. The predicted octanol–water partition coefficient (Wildman–Crippen LogP) is 3.26. The quantitative estimate of drug-likeness (QED) is 0.787. The molecule has 0 saturated heterocycles. The molecule has 1 heterocycles. The zero-order chi connectivity index (χ0) is 18.1. The molecule has 0 radical (unpaired) electrons. The number of hydrogen-bond donors (Lipinski definition) is 1. The SMILES string of the molecule is O=C(O)[C@@H]1Cc2ccccc2N1C(=O)COc1cccc2ccccc12. The summed E-state index contributed by atoms with van der Waals surface area (Å²) in [5.41, 5.74) is 1.50. The van der Waals surface area contributed by atoms with Crippen molar-refractivity contribution >= 4 is 28.3 Å². The number of aliphatic carboxylic acids is 1. The minimum absolute atomic E-state index is 0.216. The van der Waals surface area contributed by atoms with E-state index in [1.54, 1.807) is 12.1 Å². The van der Waals surface area contributed by atoms with Gasteiger partial charge in [-0.25, -0.2) is 4.79 Å². The van der Waals surface area contributed by atoms with E-state index in [1.165, 1.54) is 4.90 Å². The van der Waals surface area contributed by atoms with E-state index in [2.05, 4.69) is 0 Å². The Labute approximate surface area is 150 Å². The zero-order valence-corrected chi connectivity index (χ0v) is 14.0. The lowest BCUT2D eigenvalue weighted by molar-refractivity contribution is -0.140. The number of carboxylic acid groups (broad SMARTS) is 1. The molecule has 1 N–H and O–H groups in total. The number of fused-ring (bicyclic) bond motifs is 2. The van der Waals surface area contributed by atoms with E-state index >= 15 is 0 Å². The van der Waals surface area contributed by atoms with Gasteiger partial charge in [-0.1, -0.05) is 54.6 Å². The minimum Gasteiger partial charge on any atom is -0.483 e. The Kier molecular flexibility index (Phi) is 4.05. The second kappa shape index (κ2) is 6.52. The molecule has 0 saturated carbocycles. The van der Waals surface area contributed by atoms with Crippen molar-refractivity contribution in [2.45, 2.75) is 12.5 Å². The molecule has 3 aromatic rings. The fraction of sp³-hybridized carbons (Fsp3) is 0.143. The Morgan fingerprint density at radius 2 is 1.73 bits per heavy atom. The molecule has 0 bridgehead atoms. The van der Waals surface area contributed by atoms with Gasteiger partial charge < -0.3 is 9.84 Å². The lowest BCUT2D eigenvalue weighted by Crippen LogP contribution is -2.45. The van der Waals surface area contributed by atoms with Gasteiger partial charge >= 0.3 is 5.97 Å². The average molecular weight is 347 g/mol. The summed E-state index contributed by atoms with van der Waals surface area (Å²) in [6.07, 6.45) is 0.311. The summed E-state index contributed by atoms with van der Waals surface area (Å²) >= 11 is 0. The minimum atomic E-state index is -1.01.